The molecule has 8 heteroatoms. The molecule has 0 bridgehead atoms. The molecule has 0 fully saturated rings. The lowest BCUT2D eigenvalue weighted by Crippen LogP contribution is -2.30. The lowest BCUT2D eigenvalue weighted by molar-refractivity contribution is -0.139. The minimum atomic E-state index is -3.73. The number of pyridine rings is 1. The fourth-order valence-electron chi connectivity index (χ4n) is 0.849. The lowest BCUT2D eigenvalue weighted by atomic mass is 10.5. The molecular formula is C8H9BrN2O4S. The molecule has 0 saturated carbocycles. The number of esters is 1. The maximum atomic E-state index is 11.6. The third kappa shape index (κ3) is 3.54. The molecule has 0 aliphatic heterocycles. The quantitative estimate of drug-likeness (QED) is 0.808. The Hall–Kier alpha value is -0.990. The fourth-order valence-corrected chi connectivity index (χ4v) is 2.32. The molecule has 0 aliphatic rings. The predicted molar refractivity (Wildman–Crippen MR) is 59.1 cm³/mol. The number of aromatic nitrogens is 1. The molecule has 0 unspecified atom stereocenters. The van der Waals surface area contributed by atoms with E-state index in [4.69, 9.17) is 0 Å². The van der Waals surface area contributed by atoms with Crippen molar-refractivity contribution in [1.82, 2.24) is 9.71 Å². The van der Waals surface area contributed by atoms with Gasteiger partial charge in [0.1, 0.15) is 11.4 Å². The molecule has 1 aromatic rings. The average Bonchev–Trinajstić information content (AvgIpc) is 2.26. The van der Waals surface area contributed by atoms with Crippen LogP contribution < -0.4 is 4.72 Å². The second-order valence-electron chi connectivity index (χ2n) is 2.74. The topological polar surface area (TPSA) is 85.4 Å². The Morgan fingerprint density at radius 3 is 2.81 bits per heavy atom. The van der Waals surface area contributed by atoms with Crippen molar-refractivity contribution in [2.45, 2.75) is 4.90 Å². The van der Waals surface area contributed by atoms with Crippen molar-refractivity contribution in [3.05, 3.63) is 22.9 Å². The molecule has 16 heavy (non-hydrogen) atoms. The zero-order valence-corrected chi connectivity index (χ0v) is 10.7. The highest BCUT2D eigenvalue weighted by atomic mass is 79.9. The number of carbonyl (C=O) groups is 1. The first-order valence-corrected chi connectivity index (χ1v) is 6.40. The molecule has 0 radical (unpaired) electrons. The van der Waals surface area contributed by atoms with Gasteiger partial charge >= 0.3 is 5.97 Å². The van der Waals surface area contributed by atoms with E-state index < -0.39 is 22.5 Å². The van der Waals surface area contributed by atoms with E-state index in [9.17, 15) is 13.2 Å². The Bertz CT molecular complexity index is 489. The van der Waals surface area contributed by atoms with Gasteiger partial charge < -0.3 is 4.74 Å². The number of rotatable bonds is 4. The second-order valence-corrected chi connectivity index (χ2v) is 5.42. The number of hydrogen-bond acceptors (Lipinski definition) is 5. The molecular weight excluding hydrogens is 300 g/mol. The first-order chi connectivity index (χ1) is 7.45. The Kier molecular flexibility index (Phi) is 4.39. The van der Waals surface area contributed by atoms with E-state index >= 15 is 0 Å². The van der Waals surface area contributed by atoms with E-state index in [-0.39, 0.29) is 4.90 Å². The van der Waals surface area contributed by atoms with Crippen LogP contribution in [0.25, 0.3) is 0 Å². The smallest absolute Gasteiger partial charge is 0.320 e. The molecule has 0 aliphatic carbocycles. The normalized spacial score (nSPS) is 11.1. The Balaban J connectivity index is 2.82. The summed E-state index contributed by atoms with van der Waals surface area (Å²) >= 11 is 3.10. The van der Waals surface area contributed by atoms with Crippen LogP contribution in [0.1, 0.15) is 0 Å². The molecule has 88 valence electrons. The number of carbonyl (C=O) groups excluding carboxylic acids is 1. The van der Waals surface area contributed by atoms with Gasteiger partial charge in [-0.1, -0.05) is 0 Å². The second kappa shape index (κ2) is 5.37. The van der Waals surface area contributed by atoms with Gasteiger partial charge in [0.05, 0.1) is 7.11 Å². The molecule has 1 N–H and O–H groups in total. The van der Waals surface area contributed by atoms with Crippen LogP contribution in [0.3, 0.4) is 0 Å². The van der Waals surface area contributed by atoms with Crippen LogP contribution in [0.5, 0.6) is 0 Å². The monoisotopic (exact) mass is 308 g/mol. The van der Waals surface area contributed by atoms with Gasteiger partial charge in [0.25, 0.3) is 0 Å². The van der Waals surface area contributed by atoms with E-state index in [1.165, 1.54) is 25.6 Å². The molecule has 0 atom stereocenters. The summed E-state index contributed by atoms with van der Waals surface area (Å²) in [4.78, 5) is 14.5. The first-order valence-electron chi connectivity index (χ1n) is 4.13. The maximum Gasteiger partial charge on any atom is 0.320 e. The SMILES string of the molecule is COC(=O)CNS(=O)(=O)c1cncc(Br)c1. The highest BCUT2D eigenvalue weighted by Crippen LogP contribution is 2.13. The third-order valence-electron chi connectivity index (χ3n) is 1.62. The lowest BCUT2D eigenvalue weighted by Gasteiger charge is -2.05. The standard InChI is InChI=1S/C8H9BrN2O4S/c1-15-8(12)5-11-16(13,14)7-2-6(9)3-10-4-7/h2-4,11H,5H2,1H3. The number of nitrogens with one attached hydrogen (secondary N) is 1. The molecule has 0 spiro atoms. The Morgan fingerprint density at radius 1 is 1.56 bits per heavy atom. The Morgan fingerprint density at radius 2 is 2.25 bits per heavy atom. The van der Waals surface area contributed by atoms with Crippen LogP contribution in [0.4, 0.5) is 0 Å². The van der Waals surface area contributed by atoms with Gasteiger partial charge in [0.15, 0.2) is 0 Å². The van der Waals surface area contributed by atoms with Crippen LogP contribution in [-0.4, -0.2) is 33.0 Å². The number of hydrogen-bond donors (Lipinski definition) is 1. The van der Waals surface area contributed by atoms with Gasteiger partial charge in [0.2, 0.25) is 10.0 Å². The molecule has 1 heterocycles. The van der Waals surface area contributed by atoms with Crippen LogP contribution >= 0.6 is 15.9 Å². The summed E-state index contributed by atoms with van der Waals surface area (Å²) in [6.07, 6.45) is 2.64. The Labute approximate surface area is 101 Å². The molecule has 1 aromatic heterocycles. The fraction of sp³-hybridized carbons (Fsp3) is 0.250. The van der Waals surface area contributed by atoms with Crippen LogP contribution in [0.15, 0.2) is 27.8 Å². The number of methoxy groups -OCH3 is 1. The van der Waals surface area contributed by atoms with Crippen molar-refractivity contribution < 1.29 is 17.9 Å². The van der Waals surface area contributed by atoms with Gasteiger partial charge in [-0.15, -0.1) is 0 Å². The van der Waals surface area contributed by atoms with Crippen molar-refractivity contribution >= 4 is 31.9 Å². The van der Waals surface area contributed by atoms with E-state index in [2.05, 4.69) is 30.4 Å². The molecule has 6 nitrogen and oxygen atoms in total. The van der Waals surface area contributed by atoms with Crippen molar-refractivity contribution in [3.63, 3.8) is 0 Å². The summed E-state index contributed by atoms with van der Waals surface area (Å²) in [6.45, 7) is -0.411. The summed E-state index contributed by atoms with van der Waals surface area (Å²) in [5, 5.41) is 0. The molecule has 0 amide bonds. The molecule has 1 rings (SSSR count). The zero-order chi connectivity index (χ0) is 12.2. The van der Waals surface area contributed by atoms with E-state index in [0.717, 1.165) is 0 Å². The van der Waals surface area contributed by atoms with Gasteiger partial charge in [-0.2, -0.15) is 4.72 Å². The summed E-state index contributed by atoms with van der Waals surface area (Å²) < 4.78 is 30.2. The van der Waals surface area contributed by atoms with Crippen molar-refractivity contribution in [2.75, 3.05) is 13.7 Å². The highest BCUT2D eigenvalue weighted by molar-refractivity contribution is 9.10. The van der Waals surface area contributed by atoms with Gasteiger partial charge in [-0.05, 0) is 22.0 Å². The minimum absolute atomic E-state index is 0.0224. The van der Waals surface area contributed by atoms with E-state index in [1.54, 1.807) is 0 Å². The van der Waals surface area contributed by atoms with Crippen LogP contribution in [0, 0.1) is 0 Å². The zero-order valence-electron chi connectivity index (χ0n) is 8.31. The summed E-state index contributed by atoms with van der Waals surface area (Å²) in [7, 11) is -2.55. The van der Waals surface area contributed by atoms with Gasteiger partial charge in [-0.25, -0.2) is 8.42 Å². The summed E-state index contributed by atoms with van der Waals surface area (Å²) in [5.74, 6) is -0.661. The van der Waals surface area contributed by atoms with Crippen molar-refractivity contribution in [1.29, 1.82) is 0 Å². The number of halogens is 1. The molecule has 0 aromatic carbocycles. The average molecular weight is 309 g/mol. The van der Waals surface area contributed by atoms with Crippen molar-refractivity contribution in [3.8, 4) is 0 Å². The largest absolute Gasteiger partial charge is 0.468 e. The van der Waals surface area contributed by atoms with E-state index in [0.29, 0.717) is 4.47 Å². The number of sulfonamides is 1. The summed E-state index contributed by atoms with van der Waals surface area (Å²) in [6, 6.07) is 1.38. The van der Waals surface area contributed by atoms with Crippen molar-refractivity contribution in [2.24, 2.45) is 0 Å². The van der Waals surface area contributed by atoms with E-state index in [1.807, 2.05) is 0 Å². The number of nitrogens with zero attached hydrogens (tertiary/aromatic N) is 1. The first kappa shape index (κ1) is 13.1. The summed E-state index contributed by atoms with van der Waals surface area (Å²) in [5.41, 5.74) is 0. The van der Waals surface area contributed by atoms with Crippen LogP contribution in [-0.2, 0) is 19.6 Å². The third-order valence-corrected chi connectivity index (χ3v) is 3.43. The number of ether oxygens (including phenoxy) is 1. The predicted octanol–water partition coefficient (Wildman–Crippen LogP) is 0.295. The molecule has 0 saturated heterocycles. The van der Waals surface area contributed by atoms with Crippen LogP contribution in [0.2, 0.25) is 0 Å². The van der Waals surface area contributed by atoms with Gasteiger partial charge in [0, 0.05) is 16.9 Å². The highest BCUT2D eigenvalue weighted by Gasteiger charge is 2.16. The minimum Gasteiger partial charge on any atom is -0.468 e. The maximum absolute atomic E-state index is 11.6. The van der Waals surface area contributed by atoms with Gasteiger partial charge in [-0.3, -0.25) is 9.78 Å².